The first-order valence-corrected chi connectivity index (χ1v) is 7.57. The normalized spacial score (nSPS) is 10.8. The van der Waals surface area contributed by atoms with E-state index in [4.69, 9.17) is 15.5 Å². The van der Waals surface area contributed by atoms with Crippen LogP contribution in [0.2, 0.25) is 0 Å². The lowest BCUT2D eigenvalue weighted by Crippen LogP contribution is -2.28. The van der Waals surface area contributed by atoms with E-state index in [1.807, 2.05) is 36.4 Å². The van der Waals surface area contributed by atoms with Gasteiger partial charge in [-0.2, -0.15) is 5.26 Å². The molecule has 128 valence electrons. The molecule has 0 aliphatic rings. The lowest BCUT2D eigenvalue weighted by atomic mass is 10.2. The number of carbonyl (C=O) groups is 2. The Kier molecular flexibility index (Phi) is 8.64. The topological polar surface area (TPSA) is 114 Å². The number of nitriles is 1. The number of nitrogens with zero attached hydrogens (tertiary/aromatic N) is 2. The van der Waals surface area contributed by atoms with E-state index >= 15 is 0 Å². The van der Waals surface area contributed by atoms with Gasteiger partial charge >= 0.3 is 5.97 Å². The van der Waals surface area contributed by atoms with Crippen molar-refractivity contribution in [2.24, 2.45) is 0 Å². The molecule has 0 unspecified atom stereocenters. The molecular weight excluding hydrogens is 310 g/mol. The van der Waals surface area contributed by atoms with Crippen molar-refractivity contribution in [3.63, 3.8) is 0 Å². The number of benzene rings is 1. The highest BCUT2D eigenvalue weighted by Gasteiger charge is 2.11. The van der Waals surface area contributed by atoms with E-state index in [0.29, 0.717) is 13.0 Å². The highest BCUT2D eigenvalue weighted by Crippen LogP contribution is 2.07. The van der Waals surface area contributed by atoms with Gasteiger partial charge in [0, 0.05) is 32.3 Å². The molecule has 1 aromatic carbocycles. The van der Waals surface area contributed by atoms with Crippen LogP contribution in [0.5, 0.6) is 0 Å². The first kappa shape index (κ1) is 19.2. The molecule has 24 heavy (non-hydrogen) atoms. The summed E-state index contributed by atoms with van der Waals surface area (Å²) in [5, 5.41) is 29.4. The molecule has 0 radical (unpaired) electrons. The van der Waals surface area contributed by atoms with Crippen molar-refractivity contribution in [1.29, 1.82) is 5.26 Å². The van der Waals surface area contributed by atoms with Crippen LogP contribution in [0.25, 0.3) is 0 Å². The van der Waals surface area contributed by atoms with E-state index < -0.39 is 11.9 Å². The number of amides is 1. The Balaban J connectivity index is 2.68. The first-order chi connectivity index (χ1) is 11.6. The number of carboxylic acid groups (broad SMARTS) is 1. The molecular formula is C17H21N3O4. The maximum absolute atomic E-state index is 12.0. The van der Waals surface area contributed by atoms with Gasteiger partial charge in [0.2, 0.25) is 0 Å². The lowest BCUT2D eigenvalue weighted by Gasteiger charge is -2.20. The van der Waals surface area contributed by atoms with Gasteiger partial charge in [0.15, 0.2) is 0 Å². The summed E-state index contributed by atoms with van der Waals surface area (Å²) in [6.07, 6.45) is 1.66. The summed E-state index contributed by atoms with van der Waals surface area (Å²) in [5.41, 5.74) is 0.899. The van der Waals surface area contributed by atoms with Crippen molar-refractivity contribution in [3.8, 4) is 6.07 Å². The molecule has 1 amide bonds. The van der Waals surface area contributed by atoms with Gasteiger partial charge in [-0.1, -0.05) is 30.3 Å². The Bertz CT molecular complexity index is 608. The van der Waals surface area contributed by atoms with E-state index in [-0.39, 0.29) is 31.7 Å². The van der Waals surface area contributed by atoms with Crippen molar-refractivity contribution < 1.29 is 19.8 Å². The van der Waals surface area contributed by atoms with Crippen molar-refractivity contribution in [1.82, 2.24) is 10.2 Å². The Labute approximate surface area is 140 Å². The second-order valence-electron chi connectivity index (χ2n) is 5.09. The van der Waals surface area contributed by atoms with Crippen LogP contribution in [-0.2, 0) is 16.1 Å². The van der Waals surface area contributed by atoms with Crippen LogP contribution in [0.15, 0.2) is 42.1 Å². The molecule has 1 aromatic rings. The second-order valence-corrected chi connectivity index (χ2v) is 5.09. The molecule has 0 fully saturated rings. The fraction of sp³-hybridized carbons (Fsp3) is 0.353. The molecule has 0 spiro atoms. The quantitative estimate of drug-likeness (QED) is 0.333. The highest BCUT2D eigenvalue weighted by atomic mass is 16.4. The zero-order valence-corrected chi connectivity index (χ0v) is 13.3. The van der Waals surface area contributed by atoms with Gasteiger partial charge in [-0.3, -0.25) is 9.59 Å². The van der Waals surface area contributed by atoms with Crippen molar-refractivity contribution >= 4 is 11.9 Å². The van der Waals surface area contributed by atoms with Crippen molar-refractivity contribution in [2.45, 2.75) is 19.4 Å². The fourth-order valence-corrected chi connectivity index (χ4v) is 1.99. The number of carbonyl (C=O) groups excluding carboxylic acids is 1. The fourth-order valence-electron chi connectivity index (χ4n) is 1.99. The maximum Gasteiger partial charge on any atom is 0.303 e. The standard InChI is InChI=1S/C17H21N3O4/c18-11-15(17(24)19-8-4-7-16(22)23)13-20(9-10-21)12-14-5-2-1-3-6-14/h1-3,5-6,13,21H,4,7-10,12H2,(H,19,24)(H,22,23)/b15-13-. The average Bonchev–Trinajstić information content (AvgIpc) is 2.57. The van der Waals surface area contributed by atoms with Gasteiger partial charge in [0.25, 0.3) is 5.91 Å². The van der Waals surface area contributed by atoms with Gasteiger partial charge < -0.3 is 20.4 Å². The van der Waals surface area contributed by atoms with Gasteiger partial charge in [0.05, 0.1) is 6.61 Å². The van der Waals surface area contributed by atoms with E-state index in [0.717, 1.165) is 5.56 Å². The molecule has 7 nitrogen and oxygen atoms in total. The predicted molar refractivity (Wildman–Crippen MR) is 87.5 cm³/mol. The van der Waals surface area contributed by atoms with Crippen LogP contribution in [0, 0.1) is 11.3 Å². The Morgan fingerprint density at radius 2 is 2.00 bits per heavy atom. The Morgan fingerprint density at radius 1 is 1.29 bits per heavy atom. The van der Waals surface area contributed by atoms with Crippen LogP contribution in [0.1, 0.15) is 18.4 Å². The zero-order valence-electron chi connectivity index (χ0n) is 13.3. The van der Waals surface area contributed by atoms with E-state index in [9.17, 15) is 9.59 Å². The molecule has 0 saturated carbocycles. The monoisotopic (exact) mass is 331 g/mol. The van der Waals surface area contributed by atoms with E-state index in [1.54, 1.807) is 4.90 Å². The van der Waals surface area contributed by atoms with Crippen LogP contribution >= 0.6 is 0 Å². The molecule has 0 atom stereocenters. The van der Waals surface area contributed by atoms with Gasteiger partial charge in [0.1, 0.15) is 11.6 Å². The first-order valence-electron chi connectivity index (χ1n) is 7.57. The Morgan fingerprint density at radius 3 is 2.58 bits per heavy atom. The number of aliphatic hydroxyl groups is 1. The summed E-state index contributed by atoms with van der Waals surface area (Å²) >= 11 is 0. The third-order valence-electron chi connectivity index (χ3n) is 3.15. The number of hydrogen-bond acceptors (Lipinski definition) is 5. The molecule has 7 heteroatoms. The van der Waals surface area contributed by atoms with Gasteiger partial charge in [-0.15, -0.1) is 0 Å². The number of nitrogens with one attached hydrogen (secondary N) is 1. The number of carboxylic acids is 1. The third-order valence-corrected chi connectivity index (χ3v) is 3.15. The third kappa shape index (κ3) is 7.42. The van der Waals surface area contributed by atoms with Crippen molar-refractivity contribution in [3.05, 3.63) is 47.7 Å². The minimum absolute atomic E-state index is 0.0451. The highest BCUT2D eigenvalue weighted by molar-refractivity contribution is 5.97. The SMILES string of the molecule is N#C/C(=C/N(CCO)Cc1ccccc1)C(=O)NCCCC(=O)O. The Hall–Kier alpha value is -2.85. The molecule has 0 bridgehead atoms. The molecule has 0 aliphatic carbocycles. The minimum Gasteiger partial charge on any atom is -0.481 e. The van der Waals surface area contributed by atoms with E-state index in [1.165, 1.54) is 6.20 Å². The lowest BCUT2D eigenvalue weighted by molar-refractivity contribution is -0.137. The molecule has 3 N–H and O–H groups in total. The summed E-state index contributed by atoms with van der Waals surface area (Å²) in [7, 11) is 0. The number of rotatable bonds is 10. The summed E-state index contributed by atoms with van der Waals surface area (Å²) in [4.78, 5) is 24.1. The number of hydrogen-bond donors (Lipinski definition) is 3. The molecule has 0 heterocycles. The molecule has 1 rings (SSSR count). The second kappa shape index (κ2) is 10.8. The van der Waals surface area contributed by atoms with Gasteiger partial charge in [-0.25, -0.2) is 0 Å². The smallest absolute Gasteiger partial charge is 0.303 e. The summed E-state index contributed by atoms with van der Waals surface area (Å²) in [5.74, 6) is -1.49. The van der Waals surface area contributed by atoms with Crippen LogP contribution in [-0.4, -0.2) is 46.7 Å². The largest absolute Gasteiger partial charge is 0.481 e. The van der Waals surface area contributed by atoms with Crippen LogP contribution < -0.4 is 5.32 Å². The average molecular weight is 331 g/mol. The summed E-state index contributed by atoms with van der Waals surface area (Å²) in [6.45, 7) is 0.816. The zero-order chi connectivity index (χ0) is 17.8. The van der Waals surface area contributed by atoms with Crippen LogP contribution in [0.4, 0.5) is 0 Å². The summed E-state index contributed by atoms with van der Waals surface area (Å²) < 4.78 is 0. The predicted octanol–water partition coefficient (Wildman–Crippen LogP) is 0.869. The minimum atomic E-state index is -0.933. The van der Waals surface area contributed by atoms with Crippen molar-refractivity contribution in [2.75, 3.05) is 19.7 Å². The van der Waals surface area contributed by atoms with Crippen LogP contribution in [0.3, 0.4) is 0 Å². The summed E-state index contributed by atoms with van der Waals surface area (Å²) in [6, 6.07) is 11.3. The van der Waals surface area contributed by atoms with Gasteiger partial charge in [-0.05, 0) is 12.0 Å². The molecule has 0 aromatic heterocycles. The molecule has 0 aliphatic heterocycles. The molecule has 0 saturated heterocycles. The van der Waals surface area contributed by atoms with E-state index in [2.05, 4.69) is 5.32 Å². The number of aliphatic carboxylic acids is 1. The number of aliphatic hydroxyl groups excluding tert-OH is 1. The maximum atomic E-state index is 12.0.